The molecule has 0 aliphatic heterocycles. The first-order chi connectivity index (χ1) is 13.2. The summed E-state index contributed by atoms with van der Waals surface area (Å²) in [5.74, 6) is 0. The average molecular weight is 366 g/mol. The Balaban J connectivity index is 2.31. The van der Waals surface area contributed by atoms with Gasteiger partial charge in [-0.1, -0.05) is 110 Å². The van der Waals surface area contributed by atoms with Crippen molar-refractivity contribution < 1.29 is 0 Å². The minimum atomic E-state index is 0.236. The maximum absolute atomic E-state index is 4.09. The lowest BCUT2D eigenvalue weighted by molar-refractivity contribution is 1.34. The summed E-state index contributed by atoms with van der Waals surface area (Å²) >= 11 is 0. The van der Waals surface area contributed by atoms with Crippen molar-refractivity contribution in [2.24, 2.45) is 0 Å². The topological polar surface area (TPSA) is 0 Å². The van der Waals surface area contributed by atoms with Gasteiger partial charge in [-0.15, -0.1) is 0 Å². The molecule has 142 valence electrons. The van der Waals surface area contributed by atoms with Gasteiger partial charge in [-0.2, -0.15) is 0 Å². The van der Waals surface area contributed by atoms with Crippen LogP contribution in [0.3, 0.4) is 0 Å². The standard InChI is InChI=1S/C27H31B/c1-17(2)24-9-11-25(12-10-24)28(26-20(5)13-18(3)14-21(26)6)27-22(7)15-19(4)16-23(27)8/h9-16H,1H2,2-8H3. The van der Waals surface area contributed by atoms with E-state index >= 15 is 0 Å². The van der Waals surface area contributed by atoms with Gasteiger partial charge in [-0.3, -0.25) is 0 Å². The molecule has 0 bridgehead atoms. The van der Waals surface area contributed by atoms with E-state index in [4.69, 9.17) is 0 Å². The highest BCUT2D eigenvalue weighted by Crippen LogP contribution is 2.14. The summed E-state index contributed by atoms with van der Waals surface area (Å²) in [6, 6.07) is 18.3. The third-order valence-corrected chi connectivity index (χ3v) is 5.79. The van der Waals surface area contributed by atoms with Crippen LogP contribution in [0.15, 0.2) is 55.1 Å². The number of rotatable bonds is 4. The third-order valence-electron chi connectivity index (χ3n) is 5.79. The summed E-state index contributed by atoms with van der Waals surface area (Å²) < 4.78 is 0. The molecule has 0 spiro atoms. The third kappa shape index (κ3) is 3.85. The summed E-state index contributed by atoms with van der Waals surface area (Å²) in [7, 11) is 0. The summed E-state index contributed by atoms with van der Waals surface area (Å²) in [6.07, 6.45) is 0. The lowest BCUT2D eigenvalue weighted by Crippen LogP contribution is -2.55. The van der Waals surface area contributed by atoms with Gasteiger partial charge in [0.05, 0.1) is 0 Å². The van der Waals surface area contributed by atoms with Crippen LogP contribution >= 0.6 is 0 Å². The van der Waals surface area contributed by atoms with E-state index in [9.17, 15) is 0 Å². The van der Waals surface area contributed by atoms with Gasteiger partial charge in [-0.05, 0) is 54.0 Å². The molecule has 0 nitrogen and oxygen atoms in total. The van der Waals surface area contributed by atoms with Gasteiger partial charge in [0.15, 0.2) is 0 Å². The molecule has 0 amide bonds. The van der Waals surface area contributed by atoms with Crippen molar-refractivity contribution in [2.75, 3.05) is 0 Å². The minimum absolute atomic E-state index is 0.236. The molecule has 3 rings (SSSR count). The molecule has 0 heterocycles. The quantitative estimate of drug-likeness (QED) is 0.565. The number of aryl methyl sites for hydroxylation is 6. The second-order valence-corrected chi connectivity index (χ2v) is 8.46. The largest absolute Gasteiger partial charge is 0.242 e. The molecule has 3 aromatic carbocycles. The first kappa shape index (κ1) is 20.2. The Labute approximate surface area is 171 Å². The van der Waals surface area contributed by atoms with Crippen LogP contribution in [-0.2, 0) is 0 Å². The lowest BCUT2D eigenvalue weighted by atomic mass is 9.34. The zero-order chi connectivity index (χ0) is 20.6. The first-order valence-electron chi connectivity index (χ1n) is 10.1. The fourth-order valence-corrected chi connectivity index (χ4v) is 4.73. The van der Waals surface area contributed by atoms with E-state index in [1.807, 2.05) is 0 Å². The van der Waals surface area contributed by atoms with E-state index in [2.05, 4.69) is 104 Å². The molecule has 0 aliphatic carbocycles. The second-order valence-electron chi connectivity index (χ2n) is 8.46. The number of hydrogen-bond acceptors (Lipinski definition) is 0. The second kappa shape index (κ2) is 7.83. The maximum atomic E-state index is 4.09. The molecule has 0 fully saturated rings. The predicted octanol–water partition coefficient (Wildman–Crippen LogP) is 5.09. The maximum Gasteiger partial charge on any atom is 0.242 e. The van der Waals surface area contributed by atoms with Crippen LogP contribution in [0, 0.1) is 41.5 Å². The van der Waals surface area contributed by atoms with Gasteiger partial charge >= 0.3 is 0 Å². The molecule has 1 heteroatoms. The van der Waals surface area contributed by atoms with Crippen LogP contribution in [0.25, 0.3) is 5.57 Å². The molecule has 0 radical (unpaired) electrons. The Morgan fingerprint density at radius 2 is 1.00 bits per heavy atom. The van der Waals surface area contributed by atoms with Crippen LogP contribution in [0.2, 0.25) is 0 Å². The van der Waals surface area contributed by atoms with Gasteiger partial charge in [0.1, 0.15) is 0 Å². The molecule has 0 saturated heterocycles. The molecule has 0 N–H and O–H groups in total. The van der Waals surface area contributed by atoms with Gasteiger partial charge in [0.2, 0.25) is 6.71 Å². The van der Waals surface area contributed by atoms with Crippen LogP contribution < -0.4 is 16.4 Å². The molecule has 0 aromatic heterocycles. The zero-order valence-corrected chi connectivity index (χ0v) is 18.4. The lowest BCUT2D eigenvalue weighted by Gasteiger charge is -2.24. The Hall–Kier alpha value is -2.54. The fraction of sp³-hybridized carbons (Fsp3) is 0.259. The smallest absolute Gasteiger partial charge is 0.0955 e. The van der Waals surface area contributed by atoms with E-state index < -0.39 is 0 Å². The van der Waals surface area contributed by atoms with Gasteiger partial charge in [-0.25, -0.2) is 0 Å². The number of allylic oxidation sites excluding steroid dienone is 1. The molecule has 0 aliphatic rings. The van der Waals surface area contributed by atoms with Gasteiger partial charge in [0, 0.05) is 0 Å². The SMILES string of the molecule is C=C(C)c1ccc(B(c2c(C)cc(C)cc2C)c2c(C)cc(C)cc2C)cc1. The summed E-state index contributed by atoms with van der Waals surface area (Å²) in [6.45, 7) is 19.8. The summed E-state index contributed by atoms with van der Waals surface area (Å²) in [4.78, 5) is 0. The number of benzene rings is 3. The van der Waals surface area contributed by atoms with Crippen molar-refractivity contribution in [1.82, 2.24) is 0 Å². The van der Waals surface area contributed by atoms with E-state index in [0.29, 0.717) is 0 Å². The summed E-state index contributed by atoms with van der Waals surface area (Å²) in [5.41, 5.74) is 14.6. The highest BCUT2D eigenvalue weighted by atomic mass is 14.1. The predicted molar refractivity (Wildman–Crippen MR) is 127 cm³/mol. The Morgan fingerprint density at radius 3 is 1.32 bits per heavy atom. The molecule has 0 unspecified atom stereocenters. The van der Waals surface area contributed by atoms with Crippen LogP contribution in [-0.4, -0.2) is 6.71 Å². The molecular formula is C27H31B. The van der Waals surface area contributed by atoms with Crippen molar-refractivity contribution in [2.45, 2.75) is 48.5 Å². The van der Waals surface area contributed by atoms with E-state index in [0.717, 1.165) is 5.57 Å². The number of hydrogen-bond donors (Lipinski definition) is 0. The van der Waals surface area contributed by atoms with Crippen molar-refractivity contribution >= 4 is 28.7 Å². The average Bonchev–Trinajstić information content (AvgIpc) is 2.58. The molecule has 3 aromatic rings. The van der Waals surface area contributed by atoms with E-state index in [1.54, 1.807) is 0 Å². The fourth-order valence-electron chi connectivity index (χ4n) is 4.73. The Kier molecular flexibility index (Phi) is 5.65. The molecule has 28 heavy (non-hydrogen) atoms. The van der Waals surface area contributed by atoms with Crippen LogP contribution in [0.1, 0.15) is 45.9 Å². The van der Waals surface area contributed by atoms with E-state index in [1.165, 1.54) is 55.3 Å². The normalized spacial score (nSPS) is 10.8. The highest BCUT2D eigenvalue weighted by Gasteiger charge is 2.28. The van der Waals surface area contributed by atoms with Crippen LogP contribution in [0.5, 0.6) is 0 Å². The van der Waals surface area contributed by atoms with E-state index in [-0.39, 0.29) is 6.71 Å². The van der Waals surface area contributed by atoms with Crippen molar-refractivity contribution in [3.8, 4) is 0 Å². The highest BCUT2D eigenvalue weighted by molar-refractivity contribution is 6.96. The Morgan fingerprint density at radius 1 is 0.643 bits per heavy atom. The monoisotopic (exact) mass is 366 g/mol. The first-order valence-corrected chi connectivity index (χ1v) is 10.1. The van der Waals surface area contributed by atoms with Crippen molar-refractivity contribution in [3.63, 3.8) is 0 Å². The minimum Gasteiger partial charge on any atom is -0.0955 e. The molecule has 0 atom stereocenters. The van der Waals surface area contributed by atoms with Gasteiger partial charge in [0.25, 0.3) is 0 Å². The van der Waals surface area contributed by atoms with Crippen LogP contribution in [0.4, 0.5) is 0 Å². The zero-order valence-electron chi connectivity index (χ0n) is 18.4. The summed E-state index contributed by atoms with van der Waals surface area (Å²) in [5, 5.41) is 0. The van der Waals surface area contributed by atoms with Crippen molar-refractivity contribution in [3.05, 3.63) is 94.1 Å². The molecule has 0 saturated carbocycles. The van der Waals surface area contributed by atoms with Gasteiger partial charge < -0.3 is 0 Å². The Bertz CT molecular complexity index is 935. The van der Waals surface area contributed by atoms with Crippen molar-refractivity contribution in [1.29, 1.82) is 0 Å². The molecular weight excluding hydrogens is 335 g/mol.